The quantitative estimate of drug-likeness (QED) is 0.454. The molecule has 1 fully saturated rings. The Hall–Kier alpha value is -3.34. The van der Waals surface area contributed by atoms with Crippen molar-refractivity contribution < 1.29 is 18.7 Å². The van der Waals surface area contributed by atoms with Crippen LogP contribution in [0.2, 0.25) is 0 Å². The number of aromatic nitrogens is 1. The number of aryl methyl sites for hydroxylation is 1. The zero-order chi connectivity index (χ0) is 25.8. The molecule has 0 saturated carbocycles. The summed E-state index contributed by atoms with van der Waals surface area (Å²) in [5.74, 6) is -0.773. The Labute approximate surface area is 219 Å². The summed E-state index contributed by atoms with van der Waals surface area (Å²) in [5.41, 5.74) is 2.49. The van der Waals surface area contributed by atoms with Gasteiger partial charge in [0.1, 0.15) is 12.4 Å². The molecule has 1 atom stereocenters. The van der Waals surface area contributed by atoms with Crippen LogP contribution in [0.15, 0.2) is 65.2 Å². The van der Waals surface area contributed by atoms with Gasteiger partial charge in [-0.2, -0.15) is 5.10 Å². The van der Waals surface area contributed by atoms with Gasteiger partial charge in [-0.15, -0.1) is 11.3 Å². The van der Waals surface area contributed by atoms with E-state index < -0.39 is 0 Å². The van der Waals surface area contributed by atoms with Gasteiger partial charge in [0.05, 0.1) is 35.5 Å². The molecule has 0 radical (unpaired) electrons. The number of nitrogens with zero attached hydrogens (tertiary/aromatic N) is 5. The maximum Gasteiger partial charge on any atom is 0.264 e. The summed E-state index contributed by atoms with van der Waals surface area (Å²) < 4.78 is 21.0. The van der Waals surface area contributed by atoms with Gasteiger partial charge in [0.15, 0.2) is 0 Å². The molecule has 5 rings (SSSR count). The predicted octanol–water partition coefficient (Wildman–Crippen LogP) is 3.38. The van der Waals surface area contributed by atoms with E-state index in [0.717, 1.165) is 30.1 Å². The third-order valence-corrected chi connectivity index (χ3v) is 7.65. The van der Waals surface area contributed by atoms with Crippen LogP contribution in [0.1, 0.15) is 33.4 Å². The van der Waals surface area contributed by atoms with Gasteiger partial charge >= 0.3 is 0 Å². The molecule has 0 spiro atoms. The predicted molar refractivity (Wildman–Crippen MR) is 140 cm³/mol. The first-order valence-electron chi connectivity index (χ1n) is 12.4. The second kappa shape index (κ2) is 11.4. The molecule has 3 aromatic rings. The van der Waals surface area contributed by atoms with Gasteiger partial charge in [0.25, 0.3) is 11.8 Å². The number of hydrogen-bond acceptors (Lipinski definition) is 6. The first-order valence-corrected chi connectivity index (χ1v) is 13.3. The Morgan fingerprint density at radius 3 is 2.59 bits per heavy atom. The molecule has 2 aliphatic rings. The van der Waals surface area contributed by atoms with Gasteiger partial charge in [-0.25, -0.2) is 9.40 Å². The van der Waals surface area contributed by atoms with Crippen LogP contribution in [0.3, 0.4) is 0 Å². The van der Waals surface area contributed by atoms with Crippen LogP contribution in [0.25, 0.3) is 0 Å². The first kappa shape index (κ1) is 25.3. The summed E-state index contributed by atoms with van der Waals surface area (Å²) in [5, 5.41) is 8.05. The molecule has 194 valence electrons. The molecule has 0 aliphatic carbocycles. The molecule has 2 amide bonds. The van der Waals surface area contributed by atoms with Gasteiger partial charge in [-0.3, -0.25) is 14.5 Å². The number of carbonyl (C=O) groups excluding carboxylic acids is 2. The van der Waals surface area contributed by atoms with Gasteiger partial charge in [-0.1, -0.05) is 18.2 Å². The Kier molecular flexibility index (Phi) is 7.78. The highest BCUT2D eigenvalue weighted by Crippen LogP contribution is 2.33. The van der Waals surface area contributed by atoms with Gasteiger partial charge < -0.3 is 14.2 Å². The Bertz CT molecular complexity index is 1250. The molecule has 2 aliphatic heterocycles. The topological polar surface area (TPSA) is 70.4 Å². The largest absolute Gasteiger partial charge is 0.379 e. The maximum atomic E-state index is 13.7. The van der Waals surface area contributed by atoms with Crippen molar-refractivity contribution in [2.45, 2.75) is 12.5 Å². The summed E-state index contributed by atoms with van der Waals surface area (Å²) in [7, 11) is 1.93. The van der Waals surface area contributed by atoms with Crippen LogP contribution in [-0.4, -0.2) is 82.8 Å². The van der Waals surface area contributed by atoms with Gasteiger partial charge in [-0.05, 0) is 41.3 Å². The summed E-state index contributed by atoms with van der Waals surface area (Å²) in [4.78, 5) is 31.6. The molecule has 37 heavy (non-hydrogen) atoms. The van der Waals surface area contributed by atoms with E-state index in [1.165, 1.54) is 28.5 Å². The summed E-state index contributed by atoms with van der Waals surface area (Å²) >= 11 is 1.36. The van der Waals surface area contributed by atoms with Crippen molar-refractivity contribution in [2.24, 2.45) is 12.1 Å². The molecular formula is C27H30FN5O3S. The molecule has 0 N–H and O–H groups in total. The molecule has 2 aromatic heterocycles. The zero-order valence-corrected chi connectivity index (χ0v) is 21.6. The maximum absolute atomic E-state index is 13.7. The number of rotatable bonds is 8. The number of benzene rings is 1. The lowest BCUT2D eigenvalue weighted by molar-refractivity contribution is -0.133. The van der Waals surface area contributed by atoms with E-state index in [4.69, 9.17) is 9.84 Å². The smallest absolute Gasteiger partial charge is 0.264 e. The molecule has 10 heteroatoms. The molecule has 4 heterocycles. The van der Waals surface area contributed by atoms with Gasteiger partial charge in [0.2, 0.25) is 0 Å². The average molecular weight is 524 g/mol. The number of carbonyl (C=O) groups is 2. The highest BCUT2D eigenvalue weighted by Gasteiger charge is 2.35. The second-order valence-corrected chi connectivity index (χ2v) is 10.2. The number of amides is 2. The molecule has 0 unspecified atom stereocenters. The Morgan fingerprint density at radius 2 is 1.92 bits per heavy atom. The third-order valence-electron chi connectivity index (χ3n) is 6.80. The SMILES string of the molecule is Cn1cccc1C1=NN(C(=O)CN(CCN2CCOCC2)C(=O)c2cccs2)[C@@H](c2ccc(F)cc2)C1. The van der Waals surface area contributed by atoms with Crippen LogP contribution in [0.5, 0.6) is 0 Å². The van der Waals surface area contributed by atoms with E-state index in [9.17, 15) is 14.0 Å². The fourth-order valence-electron chi connectivity index (χ4n) is 4.73. The highest BCUT2D eigenvalue weighted by atomic mass is 32.1. The van der Waals surface area contributed by atoms with Crippen molar-refractivity contribution in [3.8, 4) is 0 Å². The van der Waals surface area contributed by atoms with E-state index in [2.05, 4.69) is 4.90 Å². The molecule has 0 bridgehead atoms. The molecular weight excluding hydrogens is 493 g/mol. The Balaban J connectivity index is 1.39. The number of morpholine rings is 1. The first-order chi connectivity index (χ1) is 18.0. The van der Waals surface area contributed by atoms with Crippen molar-refractivity contribution in [1.82, 2.24) is 19.4 Å². The minimum absolute atomic E-state index is 0.0946. The van der Waals surface area contributed by atoms with E-state index in [-0.39, 0.29) is 30.2 Å². The summed E-state index contributed by atoms with van der Waals surface area (Å²) in [6.07, 6.45) is 2.43. The third kappa shape index (κ3) is 5.82. The molecule has 8 nitrogen and oxygen atoms in total. The van der Waals surface area contributed by atoms with E-state index in [1.54, 1.807) is 23.1 Å². The minimum atomic E-state index is -0.379. The molecule has 1 saturated heterocycles. The lowest BCUT2D eigenvalue weighted by atomic mass is 10.0. The average Bonchev–Trinajstić information content (AvgIpc) is 3.68. The fraction of sp³-hybridized carbons (Fsp3) is 0.370. The van der Waals surface area contributed by atoms with E-state index >= 15 is 0 Å². The highest BCUT2D eigenvalue weighted by molar-refractivity contribution is 7.12. The van der Waals surface area contributed by atoms with E-state index in [0.29, 0.717) is 37.6 Å². The monoisotopic (exact) mass is 523 g/mol. The number of hydrogen-bond donors (Lipinski definition) is 0. The van der Waals surface area contributed by atoms with Gasteiger partial charge in [0, 0.05) is 45.8 Å². The minimum Gasteiger partial charge on any atom is -0.379 e. The lowest BCUT2D eigenvalue weighted by Gasteiger charge is -2.31. The van der Waals surface area contributed by atoms with Crippen LogP contribution in [0, 0.1) is 5.82 Å². The normalized spacial score (nSPS) is 18.2. The summed E-state index contributed by atoms with van der Waals surface area (Å²) in [6.45, 7) is 3.93. The van der Waals surface area contributed by atoms with Crippen molar-refractivity contribution in [2.75, 3.05) is 45.9 Å². The summed E-state index contributed by atoms with van der Waals surface area (Å²) in [6, 6.07) is 13.3. The van der Waals surface area contributed by atoms with Crippen LogP contribution >= 0.6 is 11.3 Å². The lowest BCUT2D eigenvalue weighted by Crippen LogP contribution is -2.46. The number of hydrazone groups is 1. The second-order valence-electron chi connectivity index (χ2n) is 9.22. The van der Waals surface area contributed by atoms with Crippen molar-refractivity contribution in [1.29, 1.82) is 0 Å². The number of halogens is 1. The Morgan fingerprint density at radius 1 is 1.14 bits per heavy atom. The van der Waals surface area contributed by atoms with Crippen LogP contribution < -0.4 is 0 Å². The standard InChI is InChI=1S/C27H30FN5O3S/c1-30-10-2-4-23(30)22-18-24(20-6-8-21(28)9-7-20)33(29-22)26(34)19-32(27(35)25-5-3-17-37-25)12-11-31-13-15-36-16-14-31/h2-10,17,24H,11-16,18-19H2,1H3/t24-/m1/s1. The van der Waals surface area contributed by atoms with Crippen molar-refractivity contribution in [3.63, 3.8) is 0 Å². The number of ether oxygens (including phenoxy) is 1. The van der Waals surface area contributed by atoms with E-state index in [1.807, 2.05) is 41.4 Å². The van der Waals surface area contributed by atoms with Crippen LogP contribution in [-0.2, 0) is 16.6 Å². The molecule has 1 aromatic carbocycles. The number of thiophene rings is 1. The van der Waals surface area contributed by atoms with Crippen LogP contribution in [0.4, 0.5) is 4.39 Å². The zero-order valence-electron chi connectivity index (χ0n) is 20.8. The van der Waals surface area contributed by atoms with Crippen molar-refractivity contribution in [3.05, 3.63) is 82.1 Å². The fourth-order valence-corrected chi connectivity index (χ4v) is 5.42. The van der Waals surface area contributed by atoms with Crippen molar-refractivity contribution >= 4 is 28.9 Å².